The highest BCUT2D eigenvalue weighted by Gasteiger charge is 2.44. The molecule has 0 spiro atoms. The molecule has 0 bridgehead atoms. The Labute approximate surface area is 139 Å². The zero-order valence-corrected chi connectivity index (χ0v) is 13.7. The molecule has 1 aromatic carbocycles. The number of methoxy groups -OCH3 is 1. The number of nitrogens with zero attached hydrogens (tertiary/aromatic N) is 1. The Morgan fingerprint density at radius 3 is 2.38 bits per heavy atom. The van der Waals surface area contributed by atoms with Crippen molar-refractivity contribution in [1.82, 2.24) is 10.2 Å². The molecule has 3 rings (SSSR count). The lowest BCUT2D eigenvalue weighted by molar-refractivity contribution is -0.146. The molecule has 0 aromatic heterocycles. The van der Waals surface area contributed by atoms with Gasteiger partial charge in [-0.15, -0.1) is 0 Å². The first-order chi connectivity index (χ1) is 11.3. The molecular formula is C17H18N2O5. The van der Waals surface area contributed by atoms with Gasteiger partial charge < -0.3 is 10.1 Å². The lowest BCUT2D eigenvalue weighted by Crippen LogP contribution is -2.50. The quantitative estimate of drug-likeness (QED) is 0.660. The van der Waals surface area contributed by atoms with Crippen LogP contribution in [0.4, 0.5) is 0 Å². The van der Waals surface area contributed by atoms with Gasteiger partial charge in [0.15, 0.2) is 0 Å². The Balaban J connectivity index is 1.85. The van der Waals surface area contributed by atoms with Crippen LogP contribution in [0.5, 0.6) is 0 Å². The van der Waals surface area contributed by atoms with Crippen molar-refractivity contribution in [2.24, 2.45) is 0 Å². The molecule has 0 unspecified atom stereocenters. The van der Waals surface area contributed by atoms with Gasteiger partial charge in [0.1, 0.15) is 5.54 Å². The second kappa shape index (κ2) is 5.43. The SMILES string of the molecule is COC(=O)C(C)(C)NC(=O)c1ccc2c(c1)C(=O)N(C1CC1)C2=O. The summed E-state index contributed by atoms with van der Waals surface area (Å²) in [5.41, 5.74) is -0.444. The van der Waals surface area contributed by atoms with E-state index in [1.54, 1.807) is 0 Å². The summed E-state index contributed by atoms with van der Waals surface area (Å²) in [5, 5.41) is 2.56. The van der Waals surface area contributed by atoms with Crippen LogP contribution < -0.4 is 5.32 Å². The summed E-state index contributed by atoms with van der Waals surface area (Å²) in [7, 11) is 1.24. The van der Waals surface area contributed by atoms with E-state index in [2.05, 4.69) is 10.1 Å². The molecule has 1 heterocycles. The van der Waals surface area contributed by atoms with Crippen LogP contribution in [0.2, 0.25) is 0 Å². The minimum Gasteiger partial charge on any atom is -0.467 e. The van der Waals surface area contributed by atoms with Crippen LogP contribution >= 0.6 is 0 Å². The number of imide groups is 1. The summed E-state index contributed by atoms with van der Waals surface area (Å²) in [6, 6.07) is 4.34. The Morgan fingerprint density at radius 1 is 1.17 bits per heavy atom. The first-order valence-corrected chi connectivity index (χ1v) is 7.69. The van der Waals surface area contributed by atoms with Crippen molar-refractivity contribution < 1.29 is 23.9 Å². The lowest BCUT2D eigenvalue weighted by Gasteiger charge is -2.23. The molecule has 7 nitrogen and oxygen atoms in total. The van der Waals surface area contributed by atoms with Crippen LogP contribution in [-0.2, 0) is 9.53 Å². The van der Waals surface area contributed by atoms with Gasteiger partial charge in [-0.2, -0.15) is 0 Å². The van der Waals surface area contributed by atoms with E-state index >= 15 is 0 Å². The number of esters is 1. The van der Waals surface area contributed by atoms with Gasteiger partial charge >= 0.3 is 5.97 Å². The number of fused-ring (bicyclic) bond motifs is 1. The van der Waals surface area contributed by atoms with Crippen molar-refractivity contribution in [2.75, 3.05) is 7.11 Å². The number of carbonyl (C=O) groups excluding carboxylic acids is 4. The van der Waals surface area contributed by atoms with E-state index in [9.17, 15) is 19.2 Å². The van der Waals surface area contributed by atoms with Gasteiger partial charge in [-0.25, -0.2) is 4.79 Å². The maximum Gasteiger partial charge on any atom is 0.330 e. The second-order valence-electron chi connectivity index (χ2n) is 6.54. The smallest absolute Gasteiger partial charge is 0.330 e. The summed E-state index contributed by atoms with van der Waals surface area (Å²) in [4.78, 5) is 50.0. The number of amides is 3. The Hall–Kier alpha value is -2.70. The molecule has 1 aromatic rings. The third-order valence-corrected chi connectivity index (χ3v) is 4.21. The monoisotopic (exact) mass is 330 g/mol. The summed E-state index contributed by atoms with van der Waals surface area (Å²) in [5.74, 6) is -1.76. The first-order valence-electron chi connectivity index (χ1n) is 7.69. The van der Waals surface area contributed by atoms with Crippen molar-refractivity contribution in [3.8, 4) is 0 Å². The van der Waals surface area contributed by atoms with E-state index in [1.165, 1.54) is 44.1 Å². The first kappa shape index (κ1) is 16.2. The fraction of sp³-hybridized carbons (Fsp3) is 0.412. The van der Waals surface area contributed by atoms with E-state index in [0.717, 1.165) is 12.8 Å². The number of hydrogen-bond donors (Lipinski definition) is 1. The summed E-state index contributed by atoms with van der Waals surface area (Å²) in [6.45, 7) is 3.04. The predicted molar refractivity (Wildman–Crippen MR) is 83.5 cm³/mol. The third-order valence-electron chi connectivity index (χ3n) is 4.21. The van der Waals surface area contributed by atoms with Crippen molar-refractivity contribution in [2.45, 2.75) is 38.3 Å². The second-order valence-corrected chi connectivity index (χ2v) is 6.54. The molecule has 1 saturated carbocycles. The molecule has 2 aliphatic rings. The minimum absolute atomic E-state index is 0.0204. The number of rotatable bonds is 4. The Kier molecular flexibility index (Phi) is 3.66. The van der Waals surface area contributed by atoms with E-state index in [1.807, 2.05) is 0 Å². The van der Waals surface area contributed by atoms with Gasteiger partial charge in [0, 0.05) is 11.6 Å². The van der Waals surface area contributed by atoms with Crippen LogP contribution in [0.25, 0.3) is 0 Å². The van der Waals surface area contributed by atoms with Gasteiger partial charge in [-0.3, -0.25) is 19.3 Å². The number of ether oxygens (including phenoxy) is 1. The van der Waals surface area contributed by atoms with Gasteiger partial charge in [0.05, 0.1) is 18.2 Å². The van der Waals surface area contributed by atoms with Crippen LogP contribution in [0.1, 0.15) is 57.8 Å². The van der Waals surface area contributed by atoms with E-state index < -0.39 is 17.4 Å². The summed E-state index contributed by atoms with van der Waals surface area (Å²) in [6.07, 6.45) is 1.65. The normalized spacial score (nSPS) is 16.9. The van der Waals surface area contributed by atoms with E-state index in [-0.39, 0.29) is 29.0 Å². The lowest BCUT2D eigenvalue weighted by atomic mass is 10.0. The molecule has 24 heavy (non-hydrogen) atoms. The summed E-state index contributed by atoms with van der Waals surface area (Å²) >= 11 is 0. The number of hydrogen-bond acceptors (Lipinski definition) is 5. The highest BCUT2D eigenvalue weighted by Crippen LogP contribution is 2.34. The molecule has 0 saturated heterocycles. The maximum atomic E-state index is 12.4. The zero-order valence-electron chi connectivity index (χ0n) is 13.7. The molecule has 0 atom stereocenters. The molecule has 1 aliphatic heterocycles. The standard InChI is InChI=1S/C17H18N2O5/c1-17(2,16(23)24-3)18-13(20)9-4-7-11-12(8-9)15(22)19(14(11)21)10-5-6-10/h4,7-8,10H,5-6H2,1-3H3,(H,18,20). The fourth-order valence-electron chi connectivity index (χ4n) is 2.73. The van der Waals surface area contributed by atoms with Crippen LogP contribution in [0.15, 0.2) is 18.2 Å². The molecule has 7 heteroatoms. The average molecular weight is 330 g/mol. The number of benzene rings is 1. The third kappa shape index (κ3) is 2.55. The van der Waals surface area contributed by atoms with Crippen LogP contribution in [0.3, 0.4) is 0 Å². The van der Waals surface area contributed by atoms with Gasteiger partial charge in [-0.05, 0) is 44.9 Å². The van der Waals surface area contributed by atoms with Crippen molar-refractivity contribution >= 4 is 23.7 Å². The molecule has 1 fully saturated rings. The average Bonchev–Trinajstić information content (AvgIpc) is 3.34. The Bertz CT molecular complexity index is 764. The predicted octanol–water partition coefficient (Wildman–Crippen LogP) is 1.13. The van der Waals surface area contributed by atoms with E-state index in [4.69, 9.17) is 0 Å². The topological polar surface area (TPSA) is 92.8 Å². The number of nitrogens with one attached hydrogen (secondary N) is 1. The van der Waals surface area contributed by atoms with Gasteiger partial charge in [0.2, 0.25) is 0 Å². The highest BCUT2D eigenvalue weighted by molar-refractivity contribution is 6.22. The molecule has 126 valence electrons. The molecule has 0 radical (unpaired) electrons. The molecule has 3 amide bonds. The van der Waals surface area contributed by atoms with Gasteiger partial charge in [0.25, 0.3) is 17.7 Å². The number of carbonyl (C=O) groups is 4. The Morgan fingerprint density at radius 2 is 1.79 bits per heavy atom. The molecule has 1 N–H and O–H groups in total. The van der Waals surface area contributed by atoms with Crippen LogP contribution in [-0.4, -0.2) is 47.3 Å². The molecular weight excluding hydrogens is 312 g/mol. The zero-order chi connectivity index (χ0) is 17.6. The maximum absolute atomic E-state index is 12.4. The minimum atomic E-state index is -1.20. The van der Waals surface area contributed by atoms with Crippen molar-refractivity contribution in [3.05, 3.63) is 34.9 Å². The molecule has 1 aliphatic carbocycles. The summed E-state index contributed by atoms with van der Waals surface area (Å²) < 4.78 is 4.65. The van der Waals surface area contributed by atoms with E-state index in [0.29, 0.717) is 5.56 Å². The van der Waals surface area contributed by atoms with Crippen LogP contribution in [0, 0.1) is 0 Å². The van der Waals surface area contributed by atoms with Crippen molar-refractivity contribution in [3.63, 3.8) is 0 Å². The highest BCUT2D eigenvalue weighted by atomic mass is 16.5. The van der Waals surface area contributed by atoms with Crippen molar-refractivity contribution in [1.29, 1.82) is 0 Å². The largest absolute Gasteiger partial charge is 0.467 e. The fourth-order valence-corrected chi connectivity index (χ4v) is 2.73. The van der Waals surface area contributed by atoms with Gasteiger partial charge in [-0.1, -0.05) is 0 Å².